The molecule has 25 N–H and O–H groups in total. The Hall–Kier alpha value is -9.76. The van der Waals surface area contributed by atoms with Crippen molar-refractivity contribution in [1.82, 2.24) is 68.8 Å². The minimum atomic E-state index is -1.90. The first-order valence-corrected chi connectivity index (χ1v) is 34.8. The van der Waals surface area contributed by atoms with E-state index in [9.17, 15) is 78.0 Å². The third kappa shape index (κ3) is 28.8. The Balaban J connectivity index is 1.69. The summed E-state index contributed by atoms with van der Waals surface area (Å²) in [6.45, 7) is 2.35. The summed E-state index contributed by atoms with van der Waals surface area (Å²) in [6.07, 6.45) is -2.70. The van der Waals surface area contributed by atoms with E-state index >= 15 is 9.59 Å². The van der Waals surface area contributed by atoms with E-state index in [0.29, 0.717) is 40.4 Å². The highest BCUT2D eigenvalue weighted by Gasteiger charge is 2.39. The summed E-state index contributed by atoms with van der Waals surface area (Å²) >= 11 is 8.06. The van der Waals surface area contributed by atoms with Gasteiger partial charge in [0, 0.05) is 47.9 Å². The van der Waals surface area contributed by atoms with Gasteiger partial charge < -0.3 is 112 Å². The number of hydrogen-bond donors (Lipinski definition) is 23. The number of para-hydroxylation sites is 1. The number of nitrogens with two attached hydrogens (primary N) is 4. The van der Waals surface area contributed by atoms with Crippen LogP contribution in [0.4, 0.5) is 0 Å². The van der Waals surface area contributed by atoms with Crippen molar-refractivity contribution in [1.29, 1.82) is 0 Å². The number of aromatic amines is 1. The van der Waals surface area contributed by atoms with Crippen molar-refractivity contribution in [2.45, 2.75) is 170 Å². The zero-order valence-corrected chi connectivity index (χ0v) is 59.6. The molecule has 4 aromatic rings. The second-order valence-electron chi connectivity index (χ2n) is 24.6. The predicted molar refractivity (Wildman–Crippen MR) is 386 cm³/mol. The topological polar surface area (TPSA) is 584 Å². The van der Waals surface area contributed by atoms with Crippen LogP contribution in [0.15, 0.2) is 91.1 Å². The fraction of sp³-hybridized carbons (Fsp3) is 0.493. The fourth-order valence-electron chi connectivity index (χ4n) is 10.4. The quantitative estimate of drug-likeness (QED) is 0.0145. The van der Waals surface area contributed by atoms with E-state index in [4.69, 9.17) is 22.9 Å². The van der Waals surface area contributed by atoms with Crippen LogP contribution in [0.5, 0.6) is 0 Å². The summed E-state index contributed by atoms with van der Waals surface area (Å²) in [6, 6.07) is 4.17. The van der Waals surface area contributed by atoms with Gasteiger partial charge in [0.25, 0.3) is 0 Å². The second kappa shape index (κ2) is 44.7. The largest absolute Gasteiger partial charge is 0.480 e. The van der Waals surface area contributed by atoms with Crippen LogP contribution in [-0.2, 0) is 86.4 Å². The van der Waals surface area contributed by atoms with Crippen molar-refractivity contribution in [3.63, 3.8) is 0 Å². The number of carboxylic acid groups (broad SMARTS) is 1. The first-order valence-electron chi connectivity index (χ1n) is 33.5. The number of hydrogen-bond acceptors (Lipinski definition) is 22. The Kier molecular flexibility index (Phi) is 37.2. The molecule has 0 saturated heterocycles. The minimum Gasteiger partial charge on any atom is -0.480 e. The third-order valence-corrected chi connectivity index (χ3v) is 16.9. The van der Waals surface area contributed by atoms with Crippen molar-refractivity contribution in [3.8, 4) is 0 Å². The molecule has 0 unspecified atom stereocenters. The van der Waals surface area contributed by atoms with Gasteiger partial charge in [0.1, 0.15) is 66.5 Å². The number of aliphatic hydroxyl groups excluding tert-OH is 3. The average Bonchev–Trinajstić information content (AvgIpc) is 1.59. The first kappa shape index (κ1) is 86.6. The predicted octanol–water partition coefficient (Wildman–Crippen LogP) is -6.18. The van der Waals surface area contributed by atoms with Crippen LogP contribution in [0.1, 0.15) is 82.4 Å². The summed E-state index contributed by atoms with van der Waals surface area (Å²) < 4.78 is 0. The molecule has 4 rings (SSSR count). The molecule has 0 aliphatic heterocycles. The number of nitrogens with one attached hydrogen (secondary N) is 13. The van der Waals surface area contributed by atoms with Crippen molar-refractivity contribution in [2.75, 3.05) is 37.7 Å². The number of H-pyrrole nitrogens is 1. The number of primary amides is 1. The van der Waals surface area contributed by atoms with E-state index < -0.39 is 187 Å². The van der Waals surface area contributed by atoms with Gasteiger partial charge in [-0.1, -0.05) is 78.9 Å². The molecule has 37 heteroatoms. The fourth-order valence-corrected chi connectivity index (χ4v) is 10.9. The van der Waals surface area contributed by atoms with Crippen molar-refractivity contribution in [3.05, 3.63) is 108 Å². The zero-order chi connectivity index (χ0) is 77.2. The van der Waals surface area contributed by atoms with Crippen molar-refractivity contribution < 1.29 is 87.5 Å². The van der Waals surface area contributed by atoms with Crippen LogP contribution in [0.25, 0.3) is 10.9 Å². The molecule has 13 amide bonds. The molecule has 104 heavy (non-hydrogen) atoms. The Morgan fingerprint density at radius 2 is 0.837 bits per heavy atom. The molecule has 14 atom stereocenters. The van der Waals surface area contributed by atoms with Crippen LogP contribution in [-0.4, -0.2) is 231 Å². The molecule has 0 aliphatic rings. The van der Waals surface area contributed by atoms with Gasteiger partial charge in [0.05, 0.1) is 37.8 Å². The maximum atomic E-state index is 15.1. The molecule has 0 aliphatic carbocycles. The van der Waals surface area contributed by atoms with Crippen LogP contribution in [0.3, 0.4) is 0 Å². The molecule has 0 fully saturated rings. The minimum absolute atomic E-state index is 0.0741. The van der Waals surface area contributed by atoms with Crippen LogP contribution >= 0.6 is 25.3 Å². The van der Waals surface area contributed by atoms with E-state index in [1.54, 1.807) is 91.1 Å². The van der Waals surface area contributed by atoms with Crippen LogP contribution in [0.2, 0.25) is 0 Å². The van der Waals surface area contributed by atoms with Gasteiger partial charge in [-0.25, -0.2) is 4.79 Å². The molecule has 1 aromatic heterocycles. The molecule has 0 bridgehead atoms. The Morgan fingerprint density at radius 3 is 1.29 bits per heavy atom. The Bertz CT molecular complexity index is 3560. The summed E-state index contributed by atoms with van der Waals surface area (Å²) in [5.74, 6) is -15.4. The normalized spacial score (nSPS) is 15.2. The van der Waals surface area contributed by atoms with Gasteiger partial charge in [-0.05, 0) is 95.1 Å². The number of aromatic nitrogens is 1. The van der Waals surface area contributed by atoms with Gasteiger partial charge in [-0.2, -0.15) is 25.3 Å². The van der Waals surface area contributed by atoms with E-state index in [-0.39, 0.29) is 69.5 Å². The number of unbranched alkanes of at least 4 members (excludes halogenated alkanes) is 2. The highest BCUT2D eigenvalue weighted by Crippen LogP contribution is 2.20. The van der Waals surface area contributed by atoms with Gasteiger partial charge in [0.15, 0.2) is 0 Å². The number of amides is 13. The third-order valence-electron chi connectivity index (χ3n) is 16.2. The number of thiol groups is 2. The smallest absolute Gasteiger partial charge is 0.327 e. The number of benzene rings is 3. The van der Waals surface area contributed by atoms with Crippen LogP contribution in [0, 0.1) is 0 Å². The van der Waals surface area contributed by atoms with E-state index in [2.05, 4.69) is 94.0 Å². The molecular weight excluding hydrogens is 1390 g/mol. The molecule has 35 nitrogen and oxygen atoms in total. The molecule has 0 spiro atoms. The van der Waals surface area contributed by atoms with Gasteiger partial charge in [-0.15, -0.1) is 0 Å². The van der Waals surface area contributed by atoms with Gasteiger partial charge in [-0.3, -0.25) is 62.3 Å². The lowest BCUT2D eigenvalue weighted by molar-refractivity contribution is -0.142. The number of fused-ring (bicyclic) bond motifs is 1. The van der Waals surface area contributed by atoms with Crippen LogP contribution < -0.4 is 86.7 Å². The first-order chi connectivity index (χ1) is 49.4. The number of carbonyl (C=O) groups is 14. The summed E-state index contributed by atoms with van der Waals surface area (Å²) in [4.78, 5) is 195. The van der Waals surface area contributed by atoms with Gasteiger partial charge in [0.2, 0.25) is 76.8 Å². The number of aliphatic hydroxyl groups is 3. The second-order valence-corrected chi connectivity index (χ2v) is 25.4. The molecule has 570 valence electrons. The Labute approximate surface area is 610 Å². The zero-order valence-electron chi connectivity index (χ0n) is 57.8. The number of rotatable bonds is 46. The van der Waals surface area contributed by atoms with Gasteiger partial charge >= 0.3 is 5.97 Å². The molecule has 0 saturated carbocycles. The van der Waals surface area contributed by atoms with E-state index in [1.807, 2.05) is 0 Å². The molecule has 1 heterocycles. The Morgan fingerprint density at radius 1 is 0.452 bits per heavy atom. The lowest BCUT2D eigenvalue weighted by Crippen LogP contribution is -2.63. The molecule has 3 aromatic carbocycles. The van der Waals surface area contributed by atoms with Crippen molar-refractivity contribution >= 4 is 119 Å². The van der Waals surface area contributed by atoms with E-state index in [0.717, 1.165) is 13.8 Å². The summed E-state index contributed by atoms with van der Waals surface area (Å²) in [5, 5.41) is 71.2. The number of carboxylic acids is 1. The maximum Gasteiger partial charge on any atom is 0.327 e. The number of aliphatic carboxylic acids is 1. The monoisotopic (exact) mass is 1490 g/mol. The summed E-state index contributed by atoms with van der Waals surface area (Å²) in [7, 11) is 0. The highest BCUT2D eigenvalue weighted by atomic mass is 32.1. The standard InChI is InChI=1S/C67H97N17O18S2/c1-35(70)56(90)73-31-53(89)74-50(33-103)64(98)76-43(22-12-14-24-68)57(91)79-48(29-52(71)88)61(95)77-45(26-38-16-6-4-7-17-38)59(93)78-47(28-40-30-72-42-21-11-10-20-41(40)42)60(94)75-44(23-13-15-25-69)58(92)83-54(36(2)86)65(99)80-46(27-39-18-8-5-9-19-39)62(96)84-55(37(3)87)66(100)81-49(32-85)63(97)82-51(34-104)67(101)102/h4-11,16-21,30,35-37,43-51,54-55,72,85-87,103-104H,12-15,22-29,31-34,68-70H2,1-3H3,(H2,71,88)(H,73,90)(H,74,89)(H,75,94)(H,76,98)(H,77,95)(H,78,93)(H,79,91)(H,80,99)(H,81,100)(H,82,97)(H,83,92)(H,84,96)(H,101,102)/t35-,36+,37+,43-,44-,45-,46-,47-,48-,49-,50-,51-,54-,55-/m0/s1. The average molecular weight is 1490 g/mol. The van der Waals surface area contributed by atoms with E-state index in [1.165, 1.54) is 6.92 Å². The highest BCUT2D eigenvalue weighted by molar-refractivity contribution is 7.80. The lowest BCUT2D eigenvalue weighted by atomic mass is 10.0. The number of carbonyl (C=O) groups excluding carboxylic acids is 13. The lowest BCUT2D eigenvalue weighted by Gasteiger charge is -2.29. The maximum absolute atomic E-state index is 15.1. The SMILES string of the molecule is C[C@H](N)C(=O)NCC(=O)N[C@@H](CS)C(=O)N[C@@H](CCCCN)C(=O)N[C@@H](CC(N)=O)C(=O)N[C@@H](Cc1ccccc1)C(=O)N[C@@H](Cc1c[nH]c2ccccc12)C(=O)N[C@@H](CCCCN)C(=O)N[C@H](C(=O)N[C@@H](Cc1ccccc1)C(=O)N[C@H](C(=O)N[C@@H](CO)C(=O)N[C@@H](CS)C(=O)O)[C@@H](C)O)[C@@H](C)O. The molecule has 0 radical (unpaired) electrons. The molecular formula is C67H97N17O18S2. The van der Waals surface area contributed by atoms with Crippen molar-refractivity contribution in [2.24, 2.45) is 22.9 Å². The summed E-state index contributed by atoms with van der Waals surface area (Å²) in [5.41, 5.74) is 24.8.